The largest absolute Gasteiger partial charge is 0.405 e. The molecule has 0 aromatic rings. The maximum Gasteiger partial charge on any atom is 0.405 e. The minimum Gasteiger partial charge on any atom is -0.346 e. The number of halogens is 3. The molecule has 3 N–H and O–H groups in total. The Morgan fingerprint density at radius 2 is 1.93 bits per heavy atom. The molecule has 1 amide bonds. The van der Waals surface area contributed by atoms with E-state index in [1.54, 1.807) is 5.32 Å². The van der Waals surface area contributed by atoms with E-state index in [-0.39, 0.29) is 5.92 Å². The second-order valence-corrected chi connectivity index (χ2v) is 3.57. The Labute approximate surface area is 80.8 Å². The van der Waals surface area contributed by atoms with Crippen LogP contribution >= 0.6 is 0 Å². The summed E-state index contributed by atoms with van der Waals surface area (Å²) >= 11 is 0. The molecule has 0 aliphatic rings. The van der Waals surface area contributed by atoms with Crippen molar-refractivity contribution in [1.29, 1.82) is 0 Å². The van der Waals surface area contributed by atoms with E-state index in [2.05, 4.69) is 0 Å². The molecule has 3 nitrogen and oxygen atoms in total. The minimum atomic E-state index is -4.38. The standard InChI is InChI=1S/C8H15F3N2O/c1-5(2)3-6(12)7(14)13-4-8(9,10)11/h5-6H,3-4,12H2,1-2H3,(H,13,14). The van der Waals surface area contributed by atoms with E-state index >= 15 is 0 Å². The first-order valence-corrected chi connectivity index (χ1v) is 4.32. The number of alkyl halides is 3. The van der Waals surface area contributed by atoms with Gasteiger partial charge in [0, 0.05) is 0 Å². The molecule has 0 saturated heterocycles. The third kappa shape index (κ3) is 6.71. The van der Waals surface area contributed by atoms with Gasteiger partial charge in [-0.15, -0.1) is 0 Å². The predicted molar refractivity (Wildman–Crippen MR) is 46.5 cm³/mol. The normalized spacial score (nSPS) is 14.2. The predicted octanol–water partition coefficient (Wildman–Crippen LogP) is 1.04. The van der Waals surface area contributed by atoms with Gasteiger partial charge in [-0.25, -0.2) is 0 Å². The molecule has 0 aromatic heterocycles. The van der Waals surface area contributed by atoms with Crippen molar-refractivity contribution in [2.45, 2.75) is 32.5 Å². The third-order valence-electron chi connectivity index (χ3n) is 1.53. The Bertz CT molecular complexity index is 192. The van der Waals surface area contributed by atoms with Crippen LogP contribution in [-0.4, -0.2) is 24.7 Å². The number of carbonyl (C=O) groups is 1. The van der Waals surface area contributed by atoms with Gasteiger partial charge in [0.15, 0.2) is 0 Å². The fraction of sp³-hybridized carbons (Fsp3) is 0.875. The number of amides is 1. The fourth-order valence-electron chi connectivity index (χ4n) is 0.933. The van der Waals surface area contributed by atoms with Crippen molar-refractivity contribution in [3.05, 3.63) is 0 Å². The highest BCUT2D eigenvalue weighted by molar-refractivity contribution is 5.81. The van der Waals surface area contributed by atoms with Crippen molar-refractivity contribution in [2.24, 2.45) is 11.7 Å². The van der Waals surface area contributed by atoms with Crippen LogP contribution in [0.2, 0.25) is 0 Å². The first-order chi connectivity index (χ1) is 6.22. The summed E-state index contributed by atoms with van der Waals surface area (Å²) in [6.45, 7) is 2.37. The molecular formula is C8H15F3N2O. The maximum atomic E-state index is 11.7. The lowest BCUT2D eigenvalue weighted by atomic mass is 10.0. The quantitative estimate of drug-likeness (QED) is 0.731. The van der Waals surface area contributed by atoms with Crippen molar-refractivity contribution in [3.63, 3.8) is 0 Å². The van der Waals surface area contributed by atoms with E-state index in [1.165, 1.54) is 0 Å². The zero-order valence-electron chi connectivity index (χ0n) is 8.19. The first-order valence-electron chi connectivity index (χ1n) is 4.32. The van der Waals surface area contributed by atoms with Gasteiger partial charge in [-0.05, 0) is 12.3 Å². The van der Waals surface area contributed by atoms with Crippen LogP contribution in [0.5, 0.6) is 0 Å². The van der Waals surface area contributed by atoms with Crippen LogP contribution in [0.15, 0.2) is 0 Å². The lowest BCUT2D eigenvalue weighted by Crippen LogP contribution is -2.44. The Morgan fingerprint density at radius 1 is 1.43 bits per heavy atom. The second-order valence-electron chi connectivity index (χ2n) is 3.57. The van der Waals surface area contributed by atoms with Gasteiger partial charge in [-0.3, -0.25) is 4.79 Å². The fourth-order valence-corrected chi connectivity index (χ4v) is 0.933. The summed E-state index contributed by atoms with van der Waals surface area (Å²) in [6, 6.07) is -0.864. The monoisotopic (exact) mass is 212 g/mol. The molecule has 14 heavy (non-hydrogen) atoms. The maximum absolute atomic E-state index is 11.7. The van der Waals surface area contributed by atoms with E-state index in [0.717, 1.165) is 0 Å². The van der Waals surface area contributed by atoms with Crippen molar-refractivity contribution < 1.29 is 18.0 Å². The van der Waals surface area contributed by atoms with Gasteiger partial charge in [0.2, 0.25) is 5.91 Å². The average Bonchev–Trinajstić information content (AvgIpc) is 1.97. The van der Waals surface area contributed by atoms with Crippen molar-refractivity contribution >= 4 is 5.91 Å². The number of rotatable bonds is 4. The summed E-state index contributed by atoms with van der Waals surface area (Å²) in [4.78, 5) is 11.0. The van der Waals surface area contributed by atoms with E-state index in [0.29, 0.717) is 6.42 Å². The Kier molecular flexibility index (Phi) is 4.90. The Balaban J connectivity index is 3.85. The van der Waals surface area contributed by atoms with Crippen molar-refractivity contribution in [3.8, 4) is 0 Å². The van der Waals surface area contributed by atoms with Crippen LogP contribution in [0.4, 0.5) is 13.2 Å². The summed E-state index contributed by atoms with van der Waals surface area (Å²) in [6.07, 6.45) is -4.00. The van der Waals surface area contributed by atoms with Crippen molar-refractivity contribution in [2.75, 3.05) is 6.54 Å². The van der Waals surface area contributed by atoms with Crippen LogP contribution in [0.25, 0.3) is 0 Å². The van der Waals surface area contributed by atoms with Gasteiger partial charge in [0.1, 0.15) is 6.54 Å². The molecule has 0 saturated carbocycles. The number of nitrogens with one attached hydrogen (secondary N) is 1. The van der Waals surface area contributed by atoms with Crippen LogP contribution in [0, 0.1) is 5.92 Å². The molecule has 0 radical (unpaired) electrons. The molecule has 0 aromatic carbocycles. The van der Waals surface area contributed by atoms with E-state index in [1.807, 2.05) is 13.8 Å². The number of hydrogen-bond donors (Lipinski definition) is 2. The number of hydrogen-bond acceptors (Lipinski definition) is 2. The Hall–Kier alpha value is -0.780. The molecule has 1 unspecified atom stereocenters. The average molecular weight is 212 g/mol. The molecule has 0 aliphatic carbocycles. The molecule has 6 heteroatoms. The zero-order valence-corrected chi connectivity index (χ0v) is 8.19. The molecule has 84 valence electrons. The minimum absolute atomic E-state index is 0.182. The van der Waals surface area contributed by atoms with Crippen LogP contribution in [0.1, 0.15) is 20.3 Å². The van der Waals surface area contributed by atoms with E-state index < -0.39 is 24.7 Å². The van der Waals surface area contributed by atoms with Gasteiger partial charge in [-0.1, -0.05) is 13.8 Å². The van der Waals surface area contributed by atoms with Gasteiger partial charge in [-0.2, -0.15) is 13.2 Å². The SMILES string of the molecule is CC(C)CC(N)C(=O)NCC(F)(F)F. The summed E-state index contributed by atoms with van der Waals surface area (Å²) in [5.41, 5.74) is 5.37. The summed E-state index contributed by atoms with van der Waals surface area (Å²) in [7, 11) is 0. The van der Waals surface area contributed by atoms with Crippen LogP contribution in [0.3, 0.4) is 0 Å². The molecule has 0 aliphatic heterocycles. The molecular weight excluding hydrogens is 197 g/mol. The molecule has 0 bridgehead atoms. The lowest BCUT2D eigenvalue weighted by Gasteiger charge is -2.14. The van der Waals surface area contributed by atoms with Crippen LogP contribution in [-0.2, 0) is 4.79 Å². The summed E-state index contributed by atoms with van der Waals surface area (Å²) in [5.74, 6) is -0.572. The highest BCUT2D eigenvalue weighted by Crippen LogP contribution is 2.12. The molecule has 1 atom stereocenters. The molecule has 0 fully saturated rings. The summed E-state index contributed by atoms with van der Waals surface area (Å²) < 4.78 is 35.1. The van der Waals surface area contributed by atoms with Gasteiger partial charge in [0.25, 0.3) is 0 Å². The van der Waals surface area contributed by atoms with E-state index in [4.69, 9.17) is 5.73 Å². The third-order valence-corrected chi connectivity index (χ3v) is 1.53. The highest BCUT2D eigenvalue weighted by atomic mass is 19.4. The molecule has 0 rings (SSSR count). The number of carbonyl (C=O) groups excluding carboxylic acids is 1. The van der Waals surface area contributed by atoms with Crippen LogP contribution < -0.4 is 11.1 Å². The summed E-state index contributed by atoms with van der Waals surface area (Å²) in [5, 5.41) is 1.74. The van der Waals surface area contributed by atoms with E-state index in [9.17, 15) is 18.0 Å². The van der Waals surface area contributed by atoms with Gasteiger partial charge < -0.3 is 11.1 Å². The topological polar surface area (TPSA) is 55.1 Å². The van der Waals surface area contributed by atoms with Gasteiger partial charge in [0.05, 0.1) is 6.04 Å². The van der Waals surface area contributed by atoms with Crippen molar-refractivity contribution in [1.82, 2.24) is 5.32 Å². The second kappa shape index (κ2) is 5.19. The zero-order chi connectivity index (χ0) is 11.4. The smallest absolute Gasteiger partial charge is 0.346 e. The Morgan fingerprint density at radius 3 is 2.29 bits per heavy atom. The molecule has 0 heterocycles. The highest BCUT2D eigenvalue weighted by Gasteiger charge is 2.28. The molecule has 0 spiro atoms. The lowest BCUT2D eigenvalue weighted by molar-refractivity contribution is -0.139. The number of nitrogens with two attached hydrogens (primary N) is 1. The van der Waals surface area contributed by atoms with Gasteiger partial charge >= 0.3 is 6.18 Å². The first kappa shape index (κ1) is 13.2.